The summed E-state index contributed by atoms with van der Waals surface area (Å²) < 4.78 is 5.12. The smallest absolute Gasteiger partial charge is 0.149 e. The Balaban J connectivity index is 1.88. The van der Waals surface area contributed by atoms with Gasteiger partial charge in [0.15, 0.2) is 0 Å². The fourth-order valence-electron chi connectivity index (χ4n) is 3.05. The quantitative estimate of drug-likeness (QED) is 0.809. The normalized spacial score (nSPS) is 24.2. The van der Waals surface area contributed by atoms with Crippen molar-refractivity contribution < 1.29 is 14.3 Å². The van der Waals surface area contributed by atoms with Crippen LogP contribution in [0, 0.1) is 5.92 Å². The van der Waals surface area contributed by atoms with E-state index >= 15 is 0 Å². The molecule has 0 saturated heterocycles. The van der Waals surface area contributed by atoms with Crippen LogP contribution in [0.15, 0.2) is 54.6 Å². The van der Waals surface area contributed by atoms with Crippen LogP contribution >= 0.6 is 0 Å². The Morgan fingerprint density at radius 3 is 2.00 bits per heavy atom. The molecule has 3 nitrogen and oxygen atoms in total. The molecule has 1 aliphatic carbocycles. The molecule has 3 atom stereocenters. The van der Waals surface area contributed by atoms with Crippen LogP contribution in [0.3, 0.4) is 0 Å². The van der Waals surface area contributed by atoms with Gasteiger partial charge in [0.05, 0.1) is 18.9 Å². The third kappa shape index (κ3) is 2.25. The van der Waals surface area contributed by atoms with Gasteiger partial charge < -0.3 is 9.53 Å². The first-order chi connectivity index (χ1) is 10.3. The number of ketones is 1. The van der Waals surface area contributed by atoms with E-state index in [9.17, 15) is 9.59 Å². The molecular formula is C18H16O3. The predicted molar refractivity (Wildman–Crippen MR) is 79.5 cm³/mol. The fraction of sp³-hybridized carbons (Fsp3) is 0.222. The number of Topliss-reactive ketones (excluding diaryl/α,β-unsaturated/α-hetero) is 1. The van der Waals surface area contributed by atoms with Crippen molar-refractivity contribution in [3.8, 4) is 5.75 Å². The molecule has 1 fully saturated rings. The second kappa shape index (κ2) is 5.52. The Bertz CT molecular complexity index is 646. The summed E-state index contributed by atoms with van der Waals surface area (Å²) in [7, 11) is 1.60. The second-order valence-electron chi connectivity index (χ2n) is 5.25. The molecule has 2 aromatic carbocycles. The molecule has 0 bridgehead atoms. The van der Waals surface area contributed by atoms with Gasteiger partial charge >= 0.3 is 0 Å². The molecule has 1 unspecified atom stereocenters. The van der Waals surface area contributed by atoms with E-state index in [2.05, 4.69) is 0 Å². The third-order valence-electron chi connectivity index (χ3n) is 4.17. The standard InChI is InChI=1S/C18H16O3/c1-21-14-9-7-13(8-10-14)17-15(11-19)16(18(17)20)12-5-3-2-4-6-12/h2-11,15-17H,1H3/t15-,16-,17?/m0/s1. The molecule has 3 heteroatoms. The summed E-state index contributed by atoms with van der Waals surface area (Å²) in [4.78, 5) is 23.9. The van der Waals surface area contributed by atoms with Crippen LogP contribution in [0.1, 0.15) is 23.0 Å². The van der Waals surface area contributed by atoms with Crippen LogP contribution in [0.5, 0.6) is 5.75 Å². The number of aldehydes is 1. The Morgan fingerprint density at radius 2 is 1.48 bits per heavy atom. The van der Waals surface area contributed by atoms with Crippen molar-refractivity contribution in [3.63, 3.8) is 0 Å². The van der Waals surface area contributed by atoms with Gasteiger partial charge in [-0.15, -0.1) is 0 Å². The summed E-state index contributed by atoms with van der Waals surface area (Å²) >= 11 is 0. The first-order valence-electron chi connectivity index (χ1n) is 6.94. The summed E-state index contributed by atoms with van der Waals surface area (Å²) in [6, 6.07) is 16.9. The molecule has 2 aromatic rings. The van der Waals surface area contributed by atoms with Gasteiger partial charge in [-0.25, -0.2) is 0 Å². The van der Waals surface area contributed by atoms with Crippen molar-refractivity contribution >= 4 is 12.1 Å². The van der Waals surface area contributed by atoms with Crippen molar-refractivity contribution in [3.05, 3.63) is 65.7 Å². The van der Waals surface area contributed by atoms with Crippen LogP contribution in [0.2, 0.25) is 0 Å². The molecule has 1 aliphatic rings. The number of methoxy groups -OCH3 is 1. The van der Waals surface area contributed by atoms with Gasteiger partial charge in [0, 0.05) is 5.92 Å². The minimum atomic E-state index is -0.335. The topological polar surface area (TPSA) is 43.4 Å². The summed E-state index contributed by atoms with van der Waals surface area (Å²) in [5, 5.41) is 0. The second-order valence-corrected chi connectivity index (χ2v) is 5.25. The minimum absolute atomic E-state index is 0.114. The van der Waals surface area contributed by atoms with Gasteiger partial charge in [0.25, 0.3) is 0 Å². The van der Waals surface area contributed by atoms with Crippen molar-refractivity contribution in [2.45, 2.75) is 11.8 Å². The maximum atomic E-state index is 12.5. The minimum Gasteiger partial charge on any atom is -0.497 e. The van der Waals surface area contributed by atoms with Crippen LogP contribution in [-0.4, -0.2) is 19.2 Å². The Hall–Kier alpha value is -2.42. The summed E-state index contributed by atoms with van der Waals surface area (Å²) in [6.07, 6.45) is 0.911. The molecule has 0 heterocycles. The lowest BCUT2D eigenvalue weighted by atomic mass is 9.59. The number of benzene rings is 2. The summed E-state index contributed by atoms with van der Waals surface area (Å²) in [5.41, 5.74) is 1.80. The molecule has 0 aliphatic heterocycles. The fourth-order valence-corrected chi connectivity index (χ4v) is 3.05. The number of rotatable bonds is 4. The molecule has 0 radical (unpaired) electrons. The largest absolute Gasteiger partial charge is 0.497 e. The highest BCUT2D eigenvalue weighted by atomic mass is 16.5. The van der Waals surface area contributed by atoms with E-state index in [1.165, 1.54) is 0 Å². The first kappa shape index (κ1) is 13.6. The molecule has 0 spiro atoms. The number of ether oxygens (including phenoxy) is 1. The van der Waals surface area contributed by atoms with Crippen LogP contribution in [0.4, 0.5) is 0 Å². The number of hydrogen-bond acceptors (Lipinski definition) is 3. The average molecular weight is 280 g/mol. The predicted octanol–water partition coefficient (Wildman–Crippen LogP) is 2.96. The van der Waals surface area contributed by atoms with Crippen molar-refractivity contribution in [1.82, 2.24) is 0 Å². The van der Waals surface area contributed by atoms with Gasteiger partial charge in [-0.05, 0) is 23.3 Å². The summed E-state index contributed by atoms with van der Waals surface area (Å²) in [6.45, 7) is 0. The Kier molecular flexibility index (Phi) is 3.57. The molecule has 0 amide bonds. The van der Waals surface area contributed by atoms with Gasteiger partial charge in [0.2, 0.25) is 0 Å². The van der Waals surface area contributed by atoms with E-state index in [-0.39, 0.29) is 23.5 Å². The zero-order chi connectivity index (χ0) is 14.8. The van der Waals surface area contributed by atoms with Crippen LogP contribution in [0.25, 0.3) is 0 Å². The highest BCUT2D eigenvalue weighted by Crippen LogP contribution is 2.48. The monoisotopic (exact) mass is 280 g/mol. The van der Waals surface area contributed by atoms with Crippen molar-refractivity contribution in [2.75, 3.05) is 7.11 Å². The van der Waals surface area contributed by atoms with Crippen molar-refractivity contribution in [1.29, 1.82) is 0 Å². The van der Waals surface area contributed by atoms with E-state index in [4.69, 9.17) is 4.74 Å². The van der Waals surface area contributed by atoms with Gasteiger partial charge in [-0.2, -0.15) is 0 Å². The molecular weight excluding hydrogens is 264 g/mol. The highest BCUT2D eigenvalue weighted by molar-refractivity contribution is 6.03. The molecule has 0 aromatic heterocycles. The van der Waals surface area contributed by atoms with Crippen LogP contribution in [-0.2, 0) is 9.59 Å². The molecule has 3 rings (SSSR count). The number of carbonyl (C=O) groups is 2. The lowest BCUT2D eigenvalue weighted by molar-refractivity contribution is -0.137. The van der Waals surface area contributed by atoms with E-state index in [1.807, 2.05) is 54.6 Å². The molecule has 21 heavy (non-hydrogen) atoms. The molecule has 106 valence electrons. The molecule has 0 N–H and O–H groups in total. The third-order valence-corrected chi connectivity index (χ3v) is 4.17. The average Bonchev–Trinajstić information content (AvgIpc) is 2.54. The molecule has 1 saturated carbocycles. The SMILES string of the molecule is COc1ccc(C2C(=O)[C@@H](c3ccccc3)[C@@H]2C=O)cc1. The van der Waals surface area contributed by atoms with E-state index in [0.717, 1.165) is 23.2 Å². The van der Waals surface area contributed by atoms with Gasteiger partial charge in [-0.3, -0.25) is 4.79 Å². The number of hydrogen-bond donors (Lipinski definition) is 0. The lowest BCUT2D eigenvalue weighted by Crippen LogP contribution is -2.44. The summed E-state index contributed by atoms with van der Waals surface area (Å²) in [5.74, 6) is -0.0704. The van der Waals surface area contributed by atoms with Gasteiger partial charge in [-0.1, -0.05) is 42.5 Å². The maximum Gasteiger partial charge on any atom is 0.149 e. The highest BCUT2D eigenvalue weighted by Gasteiger charge is 2.50. The van der Waals surface area contributed by atoms with Gasteiger partial charge in [0.1, 0.15) is 17.8 Å². The van der Waals surface area contributed by atoms with E-state index < -0.39 is 0 Å². The van der Waals surface area contributed by atoms with Crippen LogP contribution < -0.4 is 4.74 Å². The number of carbonyl (C=O) groups excluding carboxylic acids is 2. The zero-order valence-electron chi connectivity index (χ0n) is 11.7. The Morgan fingerprint density at radius 1 is 0.905 bits per heavy atom. The van der Waals surface area contributed by atoms with Crippen molar-refractivity contribution in [2.24, 2.45) is 5.92 Å². The van der Waals surface area contributed by atoms with E-state index in [1.54, 1.807) is 7.11 Å². The lowest BCUT2D eigenvalue weighted by Gasteiger charge is -2.40. The Labute approximate surface area is 123 Å². The maximum absolute atomic E-state index is 12.5. The van der Waals surface area contributed by atoms with E-state index in [0.29, 0.717) is 0 Å². The zero-order valence-corrected chi connectivity index (χ0v) is 11.7. The first-order valence-corrected chi connectivity index (χ1v) is 6.94.